The van der Waals surface area contributed by atoms with Crippen molar-refractivity contribution in [1.82, 2.24) is 0 Å². The first-order valence-electron chi connectivity index (χ1n) is 9.61. The van der Waals surface area contributed by atoms with Gasteiger partial charge in [-0.1, -0.05) is 25.5 Å². The van der Waals surface area contributed by atoms with Crippen LogP contribution in [-0.2, 0) is 4.74 Å². The van der Waals surface area contributed by atoms with Gasteiger partial charge in [0.1, 0.15) is 12.4 Å². The van der Waals surface area contributed by atoms with E-state index in [4.69, 9.17) is 14.2 Å². The Bertz CT molecular complexity index is 746. The van der Waals surface area contributed by atoms with Crippen molar-refractivity contribution < 1.29 is 23.0 Å². The van der Waals surface area contributed by atoms with E-state index >= 15 is 0 Å². The third-order valence-corrected chi connectivity index (χ3v) is 4.75. The van der Waals surface area contributed by atoms with Crippen LogP contribution in [0.25, 0.3) is 11.1 Å². The summed E-state index contributed by atoms with van der Waals surface area (Å²) in [4.78, 5) is 0. The second kappa shape index (κ2) is 9.18. The molecule has 0 aromatic heterocycles. The van der Waals surface area contributed by atoms with E-state index in [-0.39, 0.29) is 30.1 Å². The summed E-state index contributed by atoms with van der Waals surface area (Å²) >= 11 is 0. The van der Waals surface area contributed by atoms with E-state index < -0.39 is 11.6 Å². The van der Waals surface area contributed by atoms with Gasteiger partial charge in [0, 0.05) is 5.56 Å². The van der Waals surface area contributed by atoms with Gasteiger partial charge in [-0.25, -0.2) is 4.39 Å². The maximum absolute atomic E-state index is 14.5. The Morgan fingerprint density at radius 3 is 2.37 bits per heavy atom. The van der Waals surface area contributed by atoms with Crippen LogP contribution in [0.3, 0.4) is 0 Å². The fraction of sp³-hybridized carbons (Fsp3) is 0.455. The predicted octanol–water partition coefficient (Wildman–Crippen LogP) is 5.76. The normalized spacial score (nSPS) is 19.3. The lowest BCUT2D eigenvalue weighted by Gasteiger charge is -2.15. The van der Waals surface area contributed by atoms with Gasteiger partial charge in [0.2, 0.25) is 5.82 Å². The van der Waals surface area contributed by atoms with Crippen molar-refractivity contribution in [2.75, 3.05) is 13.2 Å². The topological polar surface area (TPSA) is 27.7 Å². The molecular formula is C22H26F2O3. The van der Waals surface area contributed by atoms with Gasteiger partial charge in [0.15, 0.2) is 11.6 Å². The quantitative estimate of drug-likeness (QED) is 0.586. The molecule has 3 rings (SSSR count). The predicted molar refractivity (Wildman–Crippen MR) is 101 cm³/mol. The van der Waals surface area contributed by atoms with E-state index in [2.05, 4.69) is 6.92 Å². The molecule has 0 aliphatic carbocycles. The Labute approximate surface area is 159 Å². The maximum Gasteiger partial charge on any atom is 0.201 e. The summed E-state index contributed by atoms with van der Waals surface area (Å²) in [5, 5.41) is 0. The molecule has 0 saturated carbocycles. The minimum Gasteiger partial charge on any atom is -0.494 e. The summed E-state index contributed by atoms with van der Waals surface area (Å²) in [5.41, 5.74) is 0.783. The van der Waals surface area contributed by atoms with Crippen LogP contribution in [-0.4, -0.2) is 25.4 Å². The van der Waals surface area contributed by atoms with Gasteiger partial charge < -0.3 is 14.2 Å². The molecule has 1 fully saturated rings. The summed E-state index contributed by atoms with van der Waals surface area (Å²) in [7, 11) is 0. The molecule has 1 aliphatic rings. The lowest BCUT2D eigenvalue weighted by Crippen LogP contribution is -2.19. The molecule has 0 N–H and O–H groups in total. The van der Waals surface area contributed by atoms with Crippen LogP contribution in [0.5, 0.6) is 11.5 Å². The number of ether oxygens (including phenoxy) is 3. The highest BCUT2D eigenvalue weighted by Gasteiger charge is 2.25. The molecular weight excluding hydrogens is 350 g/mol. The molecule has 2 aromatic carbocycles. The van der Waals surface area contributed by atoms with E-state index in [1.807, 2.05) is 6.92 Å². The standard InChI is InChI=1S/C22H26F2O3/c1-3-5-17-10-11-18(27-17)14-26-20-13-12-19(21(23)22(20)24)15-6-8-16(9-7-15)25-4-2/h6-9,12-13,17-18H,3-5,10-11,14H2,1-2H3. The molecule has 5 heteroatoms. The van der Waals surface area contributed by atoms with Crippen LogP contribution >= 0.6 is 0 Å². The van der Waals surface area contributed by atoms with Crippen LogP contribution < -0.4 is 9.47 Å². The van der Waals surface area contributed by atoms with Gasteiger partial charge in [-0.2, -0.15) is 4.39 Å². The SMILES string of the molecule is CCCC1CCC(COc2ccc(-c3ccc(OCC)cc3)c(F)c2F)O1. The van der Waals surface area contributed by atoms with Crippen molar-refractivity contribution in [2.45, 2.75) is 51.7 Å². The van der Waals surface area contributed by atoms with Crippen molar-refractivity contribution in [3.05, 3.63) is 48.0 Å². The van der Waals surface area contributed by atoms with Crippen molar-refractivity contribution in [3.8, 4) is 22.6 Å². The molecule has 0 radical (unpaired) electrons. The van der Waals surface area contributed by atoms with Crippen LogP contribution in [0.15, 0.2) is 36.4 Å². The van der Waals surface area contributed by atoms with Crippen LogP contribution in [0, 0.1) is 11.6 Å². The Morgan fingerprint density at radius 1 is 0.926 bits per heavy atom. The van der Waals surface area contributed by atoms with Crippen molar-refractivity contribution >= 4 is 0 Å². The second-order valence-corrected chi connectivity index (χ2v) is 6.75. The highest BCUT2D eigenvalue weighted by Crippen LogP contribution is 2.31. The zero-order valence-electron chi connectivity index (χ0n) is 15.8. The first-order valence-corrected chi connectivity index (χ1v) is 9.61. The number of benzene rings is 2. The molecule has 1 aliphatic heterocycles. The van der Waals surface area contributed by atoms with Crippen LogP contribution in [0.4, 0.5) is 8.78 Å². The van der Waals surface area contributed by atoms with E-state index in [0.29, 0.717) is 17.9 Å². The van der Waals surface area contributed by atoms with Gasteiger partial charge in [-0.05, 0) is 56.0 Å². The molecule has 0 spiro atoms. The minimum absolute atomic E-state index is 0.0604. The minimum atomic E-state index is -0.968. The monoisotopic (exact) mass is 376 g/mol. The summed E-state index contributed by atoms with van der Waals surface area (Å²) in [5.74, 6) is -1.26. The first kappa shape index (κ1) is 19.6. The highest BCUT2D eigenvalue weighted by molar-refractivity contribution is 5.66. The van der Waals surface area contributed by atoms with E-state index in [9.17, 15) is 8.78 Å². The molecule has 146 valence electrons. The fourth-order valence-corrected chi connectivity index (χ4v) is 3.38. The molecule has 1 saturated heterocycles. The fourth-order valence-electron chi connectivity index (χ4n) is 3.38. The molecule has 1 heterocycles. The smallest absolute Gasteiger partial charge is 0.201 e. The van der Waals surface area contributed by atoms with E-state index in [0.717, 1.165) is 25.7 Å². The van der Waals surface area contributed by atoms with Crippen molar-refractivity contribution in [1.29, 1.82) is 0 Å². The summed E-state index contributed by atoms with van der Waals surface area (Å²) < 4.78 is 45.7. The Morgan fingerprint density at radius 2 is 1.67 bits per heavy atom. The molecule has 0 amide bonds. The molecule has 3 nitrogen and oxygen atoms in total. The Kier molecular flexibility index (Phi) is 6.67. The third-order valence-electron chi connectivity index (χ3n) is 4.75. The lowest BCUT2D eigenvalue weighted by atomic mass is 10.0. The molecule has 27 heavy (non-hydrogen) atoms. The van der Waals surface area contributed by atoms with Crippen molar-refractivity contribution in [2.24, 2.45) is 0 Å². The Hall–Kier alpha value is -2.14. The number of hydrogen-bond acceptors (Lipinski definition) is 3. The zero-order chi connectivity index (χ0) is 19.2. The number of rotatable bonds is 8. The number of halogens is 2. The average molecular weight is 376 g/mol. The average Bonchev–Trinajstić information content (AvgIpc) is 3.12. The molecule has 0 bridgehead atoms. The maximum atomic E-state index is 14.5. The van der Waals surface area contributed by atoms with Crippen molar-refractivity contribution in [3.63, 3.8) is 0 Å². The van der Waals surface area contributed by atoms with E-state index in [1.165, 1.54) is 6.07 Å². The van der Waals surface area contributed by atoms with E-state index in [1.54, 1.807) is 30.3 Å². The van der Waals surface area contributed by atoms with Crippen LogP contribution in [0.2, 0.25) is 0 Å². The zero-order valence-corrected chi connectivity index (χ0v) is 15.8. The number of hydrogen-bond donors (Lipinski definition) is 0. The van der Waals surface area contributed by atoms with Gasteiger partial charge in [-0.3, -0.25) is 0 Å². The summed E-state index contributed by atoms with van der Waals surface area (Å²) in [6, 6.07) is 9.92. The molecule has 2 aromatic rings. The van der Waals surface area contributed by atoms with Gasteiger partial charge >= 0.3 is 0 Å². The largest absolute Gasteiger partial charge is 0.494 e. The Balaban J connectivity index is 1.66. The van der Waals surface area contributed by atoms with Crippen LogP contribution in [0.1, 0.15) is 39.5 Å². The molecule has 2 atom stereocenters. The first-order chi connectivity index (χ1) is 13.1. The van der Waals surface area contributed by atoms with Gasteiger partial charge in [-0.15, -0.1) is 0 Å². The second-order valence-electron chi connectivity index (χ2n) is 6.75. The summed E-state index contributed by atoms with van der Waals surface area (Å²) in [6.07, 6.45) is 4.18. The highest BCUT2D eigenvalue weighted by atomic mass is 19.2. The molecule has 2 unspecified atom stereocenters. The summed E-state index contributed by atoms with van der Waals surface area (Å²) in [6.45, 7) is 4.80. The van der Waals surface area contributed by atoms with Gasteiger partial charge in [0.25, 0.3) is 0 Å². The lowest BCUT2D eigenvalue weighted by molar-refractivity contribution is 0.0135. The van der Waals surface area contributed by atoms with Gasteiger partial charge in [0.05, 0.1) is 18.8 Å². The third kappa shape index (κ3) is 4.78.